The zero-order valence-electron chi connectivity index (χ0n) is 13.3. The molecule has 0 spiro atoms. The van der Waals surface area contributed by atoms with Crippen LogP contribution in [0.4, 0.5) is 5.82 Å². The molecule has 0 radical (unpaired) electrons. The van der Waals surface area contributed by atoms with E-state index in [4.69, 9.17) is 5.73 Å². The molecule has 6 heteroatoms. The largest absolute Gasteiger partial charge is 0.508 e. The summed E-state index contributed by atoms with van der Waals surface area (Å²) in [4.78, 5) is 4.45. The molecule has 118 valence electrons. The molecule has 0 bridgehead atoms. The topological polar surface area (TPSA) is 112 Å². The maximum atomic E-state index is 10.2. The molecule has 1 aromatic carbocycles. The number of rotatable bonds is 1. The zero-order valence-corrected chi connectivity index (χ0v) is 13.3. The summed E-state index contributed by atoms with van der Waals surface area (Å²) >= 11 is 0. The third-order valence-electron chi connectivity index (χ3n) is 4.58. The number of aromatic amines is 1. The standard InChI is InChI=1S/C18H15N5O/c1-8-15(9(2)23-22-8)16-12-6-11-10(4-3-5-14(11)24)17(12)21-18(20)13(16)7-19/h3-5,24H,6H2,1-2H3,(H2,20,21)(H,22,23). The van der Waals surface area contributed by atoms with E-state index in [1.165, 1.54) is 0 Å². The molecule has 1 aliphatic carbocycles. The van der Waals surface area contributed by atoms with Crippen molar-refractivity contribution in [3.8, 4) is 34.2 Å². The average molecular weight is 317 g/mol. The summed E-state index contributed by atoms with van der Waals surface area (Å²) in [6, 6.07) is 7.55. The maximum absolute atomic E-state index is 10.2. The highest BCUT2D eigenvalue weighted by molar-refractivity contribution is 5.90. The van der Waals surface area contributed by atoms with Gasteiger partial charge in [0.25, 0.3) is 0 Å². The van der Waals surface area contributed by atoms with Gasteiger partial charge in [0.05, 0.1) is 11.4 Å². The number of nitrogens with zero attached hydrogens (tertiary/aromatic N) is 3. The van der Waals surface area contributed by atoms with Crippen LogP contribution in [-0.2, 0) is 6.42 Å². The number of benzene rings is 1. The zero-order chi connectivity index (χ0) is 17.0. The molecule has 4 rings (SSSR count). The monoisotopic (exact) mass is 317 g/mol. The Balaban J connectivity index is 2.12. The van der Waals surface area contributed by atoms with E-state index in [9.17, 15) is 10.4 Å². The average Bonchev–Trinajstić information content (AvgIpc) is 3.08. The molecular weight excluding hydrogens is 302 g/mol. The number of fused-ring (bicyclic) bond motifs is 3. The van der Waals surface area contributed by atoms with Gasteiger partial charge in [-0.05, 0) is 25.5 Å². The van der Waals surface area contributed by atoms with Gasteiger partial charge in [-0.15, -0.1) is 0 Å². The molecule has 0 saturated carbocycles. The van der Waals surface area contributed by atoms with E-state index in [1.54, 1.807) is 12.1 Å². The number of anilines is 1. The van der Waals surface area contributed by atoms with Crippen LogP contribution < -0.4 is 5.73 Å². The molecule has 0 unspecified atom stereocenters. The minimum atomic E-state index is 0.197. The highest BCUT2D eigenvalue weighted by atomic mass is 16.3. The van der Waals surface area contributed by atoms with Gasteiger partial charge in [-0.25, -0.2) is 4.98 Å². The number of pyridine rings is 1. The van der Waals surface area contributed by atoms with Crippen LogP contribution in [0.5, 0.6) is 5.75 Å². The van der Waals surface area contributed by atoms with Gasteiger partial charge in [-0.3, -0.25) is 5.10 Å². The molecule has 0 amide bonds. The first kappa shape index (κ1) is 14.3. The summed E-state index contributed by atoms with van der Waals surface area (Å²) in [5.74, 6) is 0.427. The van der Waals surface area contributed by atoms with Crippen LogP contribution >= 0.6 is 0 Å². The number of hydrogen-bond acceptors (Lipinski definition) is 5. The molecule has 3 aromatic rings. The first-order valence-electron chi connectivity index (χ1n) is 7.58. The highest BCUT2D eigenvalue weighted by Crippen LogP contribution is 2.46. The van der Waals surface area contributed by atoms with Crippen molar-refractivity contribution < 1.29 is 5.11 Å². The maximum Gasteiger partial charge on any atom is 0.142 e. The van der Waals surface area contributed by atoms with Gasteiger partial charge in [0.2, 0.25) is 0 Å². The molecule has 4 N–H and O–H groups in total. The van der Waals surface area contributed by atoms with Gasteiger partial charge >= 0.3 is 0 Å². The van der Waals surface area contributed by atoms with Gasteiger partial charge in [-0.1, -0.05) is 12.1 Å². The number of nitriles is 1. The molecule has 0 saturated heterocycles. The Morgan fingerprint density at radius 2 is 2.04 bits per heavy atom. The van der Waals surface area contributed by atoms with Gasteiger partial charge < -0.3 is 10.8 Å². The fraction of sp³-hybridized carbons (Fsp3) is 0.167. The van der Waals surface area contributed by atoms with Crippen LogP contribution in [0, 0.1) is 25.2 Å². The van der Waals surface area contributed by atoms with Gasteiger partial charge in [0, 0.05) is 34.4 Å². The Labute approximate surface area is 138 Å². The van der Waals surface area contributed by atoms with E-state index < -0.39 is 0 Å². The number of aryl methyl sites for hydroxylation is 2. The first-order chi connectivity index (χ1) is 11.5. The summed E-state index contributed by atoms with van der Waals surface area (Å²) in [5, 5.41) is 27.0. The second-order valence-electron chi connectivity index (χ2n) is 5.98. The van der Waals surface area contributed by atoms with Crippen LogP contribution in [0.1, 0.15) is 28.1 Å². The van der Waals surface area contributed by atoms with Crippen molar-refractivity contribution in [2.24, 2.45) is 0 Å². The molecule has 6 nitrogen and oxygen atoms in total. The van der Waals surface area contributed by atoms with Gasteiger partial charge in [0.1, 0.15) is 23.2 Å². The highest BCUT2D eigenvalue weighted by Gasteiger charge is 2.30. The minimum Gasteiger partial charge on any atom is -0.508 e. The lowest BCUT2D eigenvalue weighted by atomic mass is 9.93. The number of nitrogens with two attached hydrogens (primary N) is 1. The lowest BCUT2D eigenvalue weighted by Gasteiger charge is -2.13. The summed E-state index contributed by atoms with van der Waals surface area (Å²) in [6.07, 6.45) is 0.513. The minimum absolute atomic E-state index is 0.197. The van der Waals surface area contributed by atoms with Gasteiger partial charge in [0.15, 0.2) is 0 Å². The molecule has 0 aliphatic heterocycles. The van der Waals surface area contributed by atoms with Crippen LogP contribution in [0.15, 0.2) is 18.2 Å². The number of nitrogen functional groups attached to an aromatic ring is 1. The van der Waals surface area contributed by atoms with E-state index in [2.05, 4.69) is 21.3 Å². The second kappa shape index (κ2) is 4.83. The van der Waals surface area contributed by atoms with Crippen LogP contribution in [0.2, 0.25) is 0 Å². The van der Waals surface area contributed by atoms with Crippen LogP contribution in [0.3, 0.4) is 0 Å². The van der Waals surface area contributed by atoms with E-state index in [0.717, 1.165) is 44.9 Å². The Bertz CT molecular complexity index is 1020. The number of phenolic OH excluding ortho intramolecular Hbond substituents is 1. The summed E-state index contributed by atoms with van der Waals surface area (Å²) in [6.45, 7) is 3.81. The molecule has 2 heterocycles. The van der Waals surface area contributed by atoms with Crippen molar-refractivity contribution in [3.05, 3.63) is 46.3 Å². The number of aromatic hydroxyl groups is 1. The molecule has 0 fully saturated rings. The van der Waals surface area contributed by atoms with E-state index in [1.807, 2.05) is 19.9 Å². The summed E-state index contributed by atoms with van der Waals surface area (Å²) in [5.41, 5.74) is 13.1. The number of hydrogen-bond donors (Lipinski definition) is 3. The number of aromatic nitrogens is 3. The third-order valence-corrected chi connectivity index (χ3v) is 4.58. The smallest absolute Gasteiger partial charge is 0.142 e. The Kier molecular flexibility index (Phi) is 2.87. The number of phenols is 1. The molecule has 1 aliphatic rings. The van der Waals surface area contributed by atoms with Crippen LogP contribution in [-0.4, -0.2) is 20.3 Å². The third kappa shape index (κ3) is 1.75. The number of H-pyrrole nitrogens is 1. The predicted molar refractivity (Wildman–Crippen MR) is 90.3 cm³/mol. The fourth-order valence-corrected chi connectivity index (χ4v) is 3.50. The summed E-state index contributed by atoms with van der Waals surface area (Å²) in [7, 11) is 0. The van der Waals surface area contributed by atoms with Crippen molar-refractivity contribution in [1.82, 2.24) is 15.2 Å². The van der Waals surface area contributed by atoms with E-state index in [0.29, 0.717) is 12.0 Å². The molecule has 2 aromatic heterocycles. The lowest BCUT2D eigenvalue weighted by Crippen LogP contribution is -2.03. The fourth-order valence-electron chi connectivity index (χ4n) is 3.50. The number of nitrogens with one attached hydrogen (secondary N) is 1. The Morgan fingerprint density at radius 1 is 1.25 bits per heavy atom. The van der Waals surface area contributed by atoms with E-state index in [-0.39, 0.29) is 11.6 Å². The van der Waals surface area contributed by atoms with Crippen molar-refractivity contribution in [3.63, 3.8) is 0 Å². The van der Waals surface area contributed by atoms with Crippen molar-refractivity contribution in [2.45, 2.75) is 20.3 Å². The predicted octanol–water partition coefficient (Wildman–Crippen LogP) is 2.82. The first-order valence-corrected chi connectivity index (χ1v) is 7.58. The molecular formula is C18H15N5O. The normalized spacial score (nSPS) is 11.9. The van der Waals surface area contributed by atoms with Crippen LogP contribution in [0.25, 0.3) is 22.4 Å². The van der Waals surface area contributed by atoms with Crippen molar-refractivity contribution in [1.29, 1.82) is 5.26 Å². The molecule has 0 atom stereocenters. The Hall–Kier alpha value is -3.33. The quantitative estimate of drug-likeness (QED) is 0.500. The van der Waals surface area contributed by atoms with Gasteiger partial charge in [-0.2, -0.15) is 10.4 Å². The Morgan fingerprint density at radius 3 is 2.71 bits per heavy atom. The second-order valence-corrected chi connectivity index (χ2v) is 5.98. The molecule has 24 heavy (non-hydrogen) atoms. The van der Waals surface area contributed by atoms with Crippen molar-refractivity contribution in [2.75, 3.05) is 5.73 Å². The van der Waals surface area contributed by atoms with Crippen molar-refractivity contribution >= 4 is 5.82 Å². The SMILES string of the molecule is Cc1n[nH]c(C)c1-c1c(C#N)c(N)nc2c1Cc1c(O)cccc1-2. The lowest BCUT2D eigenvalue weighted by molar-refractivity contribution is 0.470. The summed E-state index contributed by atoms with van der Waals surface area (Å²) < 4.78 is 0. The van der Waals surface area contributed by atoms with E-state index >= 15 is 0 Å².